The highest BCUT2D eigenvalue weighted by Gasteiger charge is 2.06. The molecule has 0 heterocycles. The summed E-state index contributed by atoms with van der Waals surface area (Å²) in [6.07, 6.45) is 0. The Morgan fingerprint density at radius 1 is 1.11 bits per heavy atom. The summed E-state index contributed by atoms with van der Waals surface area (Å²) in [5.74, 6) is 0.489. The Hall–Kier alpha value is -1.07. The third-order valence-corrected chi connectivity index (χ3v) is 3.63. The van der Waals surface area contributed by atoms with Gasteiger partial charge < -0.3 is 10.1 Å². The van der Waals surface area contributed by atoms with E-state index in [-0.39, 0.29) is 5.82 Å². The molecule has 2 nitrogen and oxygen atoms in total. The molecule has 0 amide bonds. The maximum absolute atomic E-state index is 13.6. The van der Waals surface area contributed by atoms with Crippen LogP contribution in [0.5, 0.6) is 5.75 Å². The Morgan fingerprint density at radius 3 is 2.53 bits per heavy atom. The van der Waals surface area contributed by atoms with Crippen molar-refractivity contribution in [2.24, 2.45) is 0 Å². The average Bonchev–Trinajstić information content (AvgIpc) is 2.40. The largest absolute Gasteiger partial charge is 0.495 e. The van der Waals surface area contributed by atoms with Gasteiger partial charge in [-0.05, 0) is 36.4 Å². The molecule has 0 unspecified atom stereocenters. The van der Waals surface area contributed by atoms with Crippen molar-refractivity contribution in [3.63, 3.8) is 0 Å². The molecule has 0 bridgehead atoms. The smallest absolute Gasteiger partial charge is 0.142 e. The molecule has 0 atom stereocenters. The molecule has 0 saturated heterocycles. The van der Waals surface area contributed by atoms with Gasteiger partial charge in [0.1, 0.15) is 11.6 Å². The van der Waals surface area contributed by atoms with Gasteiger partial charge in [0, 0.05) is 21.1 Å². The van der Waals surface area contributed by atoms with Gasteiger partial charge in [-0.3, -0.25) is 0 Å². The summed E-state index contributed by atoms with van der Waals surface area (Å²) < 4.78 is 20.7. The zero-order valence-electron chi connectivity index (χ0n) is 10.2. The molecule has 1 N–H and O–H groups in total. The molecular weight excluding hydrogens is 377 g/mol. The molecular formula is C14H12Br2FNO. The van der Waals surface area contributed by atoms with Gasteiger partial charge in [0.2, 0.25) is 0 Å². The lowest BCUT2D eigenvalue weighted by Crippen LogP contribution is -2.03. The fraction of sp³-hybridized carbons (Fsp3) is 0.143. The Bertz CT molecular complexity index is 590. The minimum absolute atomic E-state index is 0.232. The van der Waals surface area contributed by atoms with Crippen molar-refractivity contribution in [3.05, 3.63) is 56.7 Å². The molecule has 0 aromatic heterocycles. The number of hydrogen-bond acceptors (Lipinski definition) is 2. The van der Waals surface area contributed by atoms with E-state index in [1.807, 2.05) is 18.2 Å². The number of halogens is 3. The first-order chi connectivity index (χ1) is 9.10. The lowest BCUT2D eigenvalue weighted by molar-refractivity contribution is 0.416. The molecule has 19 heavy (non-hydrogen) atoms. The zero-order chi connectivity index (χ0) is 13.8. The van der Waals surface area contributed by atoms with Crippen molar-refractivity contribution in [2.45, 2.75) is 6.54 Å². The molecule has 5 heteroatoms. The van der Waals surface area contributed by atoms with E-state index in [2.05, 4.69) is 37.2 Å². The molecule has 0 fully saturated rings. The second-order valence-corrected chi connectivity index (χ2v) is 5.77. The predicted octanol–water partition coefficient (Wildman–Crippen LogP) is 4.97. The molecule has 2 aromatic carbocycles. The molecule has 0 aliphatic heterocycles. The van der Waals surface area contributed by atoms with Crippen molar-refractivity contribution >= 4 is 37.5 Å². The summed E-state index contributed by atoms with van der Waals surface area (Å²) in [7, 11) is 1.61. The normalized spacial score (nSPS) is 10.3. The first-order valence-corrected chi connectivity index (χ1v) is 7.20. The Morgan fingerprint density at radius 2 is 1.79 bits per heavy atom. The van der Waals surface area contributed by atoms with Gasteiger partial charge in [-0.1, -0.05) is 31.9 Å². The minimum Gasteiger partial charge on any atom is -0.495 e. The molecule has 0 spiro atoms. The third-order valence-electron chi connectivity index (χ3n) is 2.64. The highest BCUT2D eigenvalue weighted by molar-refractivity contribution is 9.10. The van der Waals surface area contributed by atoms with E-state index in [4.69, 9.17) is 4.74 Å². The van der Waals surface area contributed by atoms with Crippen molar-refractivity contribution in [1.29, 1.82) is 0 Å². The fourth-order valence-electron chi connectivity index (χ4n) is 1.69. The van der Waals surface area contributed by atoms with E-state index < -0.39 is 0 Å². The van der Waals surface area contributed by atoms with Crippen LogP contribution in [0.3, 0.4) is 0 Å². The monoisotopic (exact) mass is 387 g/mol. The van der Waals surface area contributed by atoms with Crippen LogP contribution < -0.4 is 10.1 Å². The van der Waals surface area contributed by atoms with E-state index in [0.29, 0.717) is 12.1 Å². The van der Waals surface area contributed by atoms with Crippen LogP contribution in [0.4, 0.5) is 10.1 Å². The average molecular weight is 389 g/mol. The number of anilines is 1. The maximum Gasteiger partial charge on any atom is 0.142 e. The van der Waals surface area contributed by atoms with Gasteiger partial charge in [0.05, 0.1) is 12.8 Å². The van der Waals surface area contributed by atoms with Gasteiger partial charge in [-0.25, -0.2) is 4.39 Å². The number of hydrogen-bond donors (Lipinski definition) is 1. The van der Waals surface area contributed by atoms with Gasteiger partial charge in [-0.2, -0.15) is 0 Å². The topological polar surface area (TPSA) is 21.3 Å². The second-order valence-electron chi connectivity index (χ2n) is 3.93. The summed E-state index contributed by atoms with van der Waals surface area (Å²) in [5, 5.41) is 3.17. The van der Waals surface area contributed by atoms with Crippen molar-refractivity contribution < 1.29 is 9.13 Å². The molecule has 2 rings (SSSR count). The van der Waals surface area contributed by atoms with E-state index in [9.17, 15) is 4.39 Å². The fourth-order valence-corrected chi connectivity index (χ4v) is 2.46. The van der Waals surface area contributed by atoms with Gasteiger partial charge >= 0.3 is 0 Å². The number of rotatable bonds is 4. The SMILES string of the molecule is COc1ccc(Br)cc1NCc1cc(Br)ccc1F. The first-order valence-electron chi connectivity index (χ1n) is 5.61. The van der Waals surface area contributed by atoms with E-state index >= 15 is 0 Å². The molecule has 100 valence electrons. The van der Waals surface area contributed by atoms with Crippen LogP contribution in [0, 0.1) is 5.82 Å². The Kier molecular flexibility index (Phi) is 4.82. The maximum atomic E-state index is 13.6. The number of benzene rings is 2. The standard InChI is InChI=1S/C14H12Br2FNO/c1-19-14-5-3-11(16)7-13(14)18-8-9-6-10(15)2-4-12(9)17/h2-7,18H,8H2,1H3. The zero-order valence-corrected chi connectivity index (χ0v) is 13.4. The summed E-state index contributed by atoms with van der Waals surface area (Å²) >= 11 is 6.74. The number of ether oxygens (including phenoxy) is 1. The van der Waals surface area contributed by atoms with Gasteiger partial charge in [0.15, 0.2) is 0 Å². The van der Waals surface area contributed by atoms with E-state index in [0.717, 1.165) is 20.4 Å². The summed E-state index contributed by atoms with van der Waals surface area (Å²) in [6.45, 7) is 0.387. The molecule has 0 saturated carbocycles. The Balaban J connectivity index is 2.18. The minimum atomic E-state index is -0.232. The summed E-state index contributed by atoms with van der Waals surface area (Å²) in [6, 6.07) is 10.5. The van der Waals surface area contributed by atoms with Crippen LogP contribution in [-0.2, 0) is 6.54 Å². The quantitative estimate of drug-likeness (QED) is 0.798. The van der Waals surface area contributed by atoms with Crippen LogP contribution >= 0.6 is 31.9 Å². The van der Waals surface area contributed by atoms with Crippen molar-refractivity contribution in [2.75, 3.05) is 12.4 Å². The van der Waals surface area contributed by atoms with Crippen LogP contribution in [0.1, 0.15) is 5.56 Å². The summed E-state index contributed by atoms with van der Waals surface area (Å²) in [4.78, 5) is 0. The summed E-state index contributed by atoms with van der Waals surface area (Å²) in [5.41, 5.74) is 1.41. The van der Waals surface area contributed by atoms with Crippen LogP contribution in [0.2, 0.25) is 0 Å². The lowest BCUT2D eigenvalue weighted by Gasteiger charge is -2.12. The van der Waals surface area contributed by atoms with Crippen molar-refractivity contribution in [1.82, 2.24) is 0 Å². The first kappa shape index (κ1) is 14.3. The van der Waals surface area contributed by atoms with Crippen molar-refractivity contribution in [3.8, 4) is 5.75 Å². The lowest BCUT2D eigenvalue weighted by atomic mass is 10.2. The van der Waals surface area contributed by atoms with Gasteiger partial charge in [0.25, 0.3) is 0 Å². The van der Waals surface area contributed by atoms with Crippen LogP contribution in [0.15, 0.2) is 45.3 Å². The van der Waals surface area contributed by atoms with Crippen LogP contribution in [0.25, 0.3) is 0 Å². The number of nitrogens with one attached hydrogen (secondary N) is 1. The second kappa shape index (κ2) is 6.39. The molecule has 0 radical (unpaired) electrons. The van der Waals surface area contributed by atoms with E-state index in [1.54, 1.807) is 19.2 Å². The third kappa shape index (κ3) is 3.70. The van der Waals surface area contributed by atoms with E-state index in [1.165, 1.54) is 6.07 Å². The molecule has 2 aromatic rings. The number of methoxy groups -OCH3 is 1. The van der Waals surface area contributed by atoms with Gasteiger partial charge in [-0.15, -0.1) is 0 Å². The Labute approximate surface area is 128 Å². The molecule has 0 aliphatic rings. The molecule has 0 aliphatic carbocycles. The highest BCUT2D eigenvalue weighted by Crippen LogP contribution is 2.28. The predicted molar refractivity (Wildman–Crippen MR) is 82.1 cm³/mol. The highest BCUT2D eigenvalue weighted by atomic mass is 79.9. The van der Waals surface area contributed by atoms with Crippen LogP contribution in [-0.4, -0.2) is 7.11 Å².